The van der Waals surface area contributed by atoms with Gasteiger partial charge >= 0.3 is 0 Å². The molecule has 11 heteroatoms. The lowest BCUT2D eigenvalue weighted by molar-refractivity contribution is 0.0224. The Bertz CT molecular complexity index is 1250. The van der Waals surface area contributed by atoms with Crippen LogP contribution < -0.4 is 14.4 Å². The average molecular weight is 501 g/mol. The number of benzene rings is 2. The van der Waals surface area contributed by atoms with E-state index in [1.54, 1.807) is 30.3 Å². The quantitative estimate of drug-likeness (QED) is 0.534. The Morgan fingerprint density at radius 1 is 0.743 bits per heavy atom. The smallest absolute Gasteiger partial charge is 0.243 e. The Hall–Kier alpha value is -2.99. The summed E-state index contributed by atoms with van der Waals surface area (Å²) in [4.78, 5) is 11.4. The van der Waals surface area contributed by atoms with Gasteiger partial charge in [-0.15, -0.1) is 0 Å². The van der Waals surface area contributed by atoms with Gasteiger partial charge in [0.15, 0.2) is 11.5 Å². The number of anilines is 1. The van der Waals surface area contributed by atoms with Gasteiger partial charge in [-0.05, 0) is 18.2 Å². The molecule has 1 fully saturated rings. The van der Waals surface area contributed by atoms with Gasteiger partial charge in [-0.25, -0.2) is 18.4 Å². The molecule has 0 bridgehead atoms. The zero-order valence-electron chi connectivity index (χ0n) is 19.3. The summed E-state index contributed by atoms with van der Waals surface area (Å²) in [5, 5.41) is 0.818. The molecule has 2 aromatic carbocycles. The van der Waals surface area contributed by atoms with Gasteiger partial charge in [-0.1, -0.05) is 18.2 Å². The van der Waals surface area contributed by atoms with Gasteiger partial charge in [0.25, 0.3) is 0 Å². The van der Waals surface area contributed by atoms with E-state index in [1.807, 2.05) is 12.1 Å². The van der Waals surface area contributed by atoms with E-state index >= 15 is 0 Å². The van der Waals surface area contributed by atoms with E-state index < -0.39 is 10.0 Å². The maximum absolute atomic E-state index is 13.0. The van der Waals surface area contributed by atoms with Crippen molar-refractivity contribution in [3.8, 4) is 11.5 Å². The van der Waals surface area contributed by atoms with Gasteiger partial charge in [0.1, 0.15) is 25.4 Å². The molecular weight excluding hydrogens is 472 g/mol. The molecule has 186 valence electrons. The predicted molar refractivity (Wildman–Crippen MR) is 130 cm³/mol. The highest BCUT2D eigenvalue weighted by Gasteiger charge is 2.29. The summed E-state index contributed by atoms with van der Waals surface area (Å²) in [7, 11) is -3.53. The molecule has 2 aliphatic heterocycles. The zero-order valence-corrected chi connectivity index (χ0v) is 20.2. The van der Waals surface area contributed by atoms with Crippen molar-refractivity contribution in [2.75, 3.05) is 70.7 Å². The number of fused-ring (bicyclic) bond motifs is 2. The highest BCUT2D eigenvalue weighted by atomic mass is 32.2. The van der Waals surface area contributed by atoms with Crippen LogP contribution in [0.15, 0.2) is 53.7 Å². The van der Waals surface area contributed by atoms with Crippen molar-refractivity contribution in [2.24, 2.45) is 0 Å². The number of hydrogen-bond donors (Lipinski definition) is 0. The molecule has 0 N–H and O–H groups in total. The normalized spacial score (nSPS) is 18.6. The van der Waals surface area contributed by atoms with E-state index in [9.17, 15) is 8.42 Å². The Morgan fingerprint density at radius 2 is 1.37 bits per heavy atom. The molecule has 0 radical (unpaired) electrons. The van der Waals surface area contributed by atoms with Crippen LogP contribution in [0.4, 0.5) is 5.82 Å². The van der Waals surface area contributed by atoms with E-state index in [4.69, 9.17) is 18.9 Å². The lowest BCUT2D eigenvalue weighted by Gasteiger charge is -2.35. The maximum Gasteiger partial charge on any atom is 0.243 e. The largest absolute Gasteiger partial charge is 0.487 e. The molecule has 0 atom stereocenters. The molecule has 0 saturated carbocycles. The molecule has 0 aliphatic carbocycles. The van der Waals surface area contributed by atoms with Crippen molar-refractivity contribution >= 4 is 26.7 Å². The first kappa shape index (κ1) is 23.7. The van der Waals surface area contributed by atoms with Gasteiger partial charge in [0.05, 0.1) is 36.8 Å². The lowest BCUT2D eigenvalue weighted by atomic mass is 10.2. The van der Waals surface area contributed by atoms with Crippen molar-refractivity contribution in [1.82, 2.24) is 14.3 Å². The van der Waals surface area contributed by atoms with Crippen LogP contribution in [0.2, 0.25) is 0 Å². The first-order chi connectivity index (χ1) is 17.1. The second-order valence-corrected chi connectivity index (χ2v) is 10.1. The molecule has 10 nitrogen and oxygen atoms in total. The predicted octanol–water partition coefficient (Wildman–Crippen LogP) is 1.95. The summed E-state index contributed by atoms with van der Waals surface area (Å²) in [6.07, 6.45) is 1.52. The Kier molecular flexibility index (Phi) is 7.28. The van der Waals surface area contributed by atoms with Crippen LogP contribution in [0.5, 0.6) is 11.5 Å². The van der Waals surface area contributed by atoms with Crippen molar-refractivity contribution in [3.05, 3.63) is 48.8 Å². The fourth-order valence-corrected chi connectivity index (χ4v) is 5.60. The minimum Gasteiger partial charge on any atom is -0.487 e. The van der Waals surface area contributed by atoms with Crippen LogP contribution in [-0.2, 0) is 19.5 Å². The number of aromatic nitrogens is 2. The minimum atomic E-state index is -3.53. The number of ether oxygens (including phenoxy) is 4. The molecule has 35 heavy (non-hydrogen) atoms. The summed E-state index contributed by atoms with van der Waals surface area (Å²) < 4.78 is 50.4. The molecule has 3 aromatic rings. The van der Waals surface area contributed by atoms with Crippen LogP contribution in [0.1, 0.15) is 0 Å². The summed E-state index contributed by atoms with van der Waals surface area (Å²) in [5.74, 6) is 1.91. The summed E-state index contributed by atoms with van der Waals surface area (Å²) in [6.45, 7) is 4.44. The molecule has 2 aliphatic rings. The number of rotatable bonds is 3. The van der Waals surface area contributed by atoms with Crippen LogP contribution in [0, 0.1) is 0 Å². The van der Waals surface area contributed by atoms with E-state index in [0.29, 0.717) is 82.2 Å². The standard InChI is InChI=1S/C24H28N4O6S/c29-35(30,19-4-2-1-3-5-19)28-8-6-27(7-9-28)24-20-16-22-23(17-21(20)25-18-26-24)34-15-13-32-11-10-31-12-14-33-22/h1-5,16-18H,6-15H2. The van der Waals surface area contributed by atoms with Crippen molar-refractivity contribution < 1.29 is 27.4 Å². The summed E-state index contributed by atoms with van der Waals surface area (Å²) in [5.41, 5.74) is 0.723. The van der Waals surface area contributed by atoms with E-state index in [1.165, 1.54) is 10.6 Å². The summed E-state index contributed by atoms with van der Waals surface area (Å²) in [6, 6.07) is 12.3. The monoisotopic (exact) mass is 500 g/mol. The van der Waals surface area contributed by atoms with Gasteiger partial charge in [-0.2, -0.15) is 4.31 Å². The second kappa shape index (κ2) is 10.7. The van der Waals surface area contributed by atoms with Crippen LogP contribution in [0.25, 0.3) is 10.9 Å². The van der Waals surface area contributed by atoms with Gasteiger partial charge in [-0.3, -0.25) is 0 Å². The highest BCUT2D eigenvalue weighted by Crippen LogP contribution is 2.35. The Balaban J connectivity index is 1.37. The number of sulfonamides is 1. The molecule has 3 heterocycles. The van der Waals surface area contributed by atoms with Gasteiger partial charge in [0, 0.05) is 37.6 Å². The number of piperazine rings is 1. The third-order valence-electron chi connectivity index (χ3n) is 5.94. The first-order valence-electron chi connectivity index (χ1n) is 11.6. The molecule has 1 aromatic heterocycles. The van der Waals surface area contributed by atoms with Crippen LogP contribution in [-0.4, -0.2) is 88.5 Å². The first-order valence-corrected chi connectivity index (χ1v) is 13.1. The second-order valence-electron chi connectivity index (χ2n) is 8.14. The van der Waals surface area contributed by atoms with Crippen LogP contribution in [0.3, 0.4) is 0 Å². The van der Waals surface area contributed by atoms with Crippen molar-refractivity contribution in [2.45, 2.75) is 4.90 Å². The SMILES string of the molecule is O=S(=O)(c1ccccc1)N1CCN(c2ncnc3cc4c(cc23)OCCOCCOCCO4)CC1. The third-order valence-corrected chi connectivity index (χ3v) is 7.85. The number of nitrogens with zero attached hydrogens (tertiary/aromatic N) is 4. The zero-order chi connectivity index (χ0) is 24.1. The van der Waals surface area contributed by atoms with E-state index in [2.05, 4.69) is 14.9 Å². The Morgan fingerprint density at radius 3 is 2.06 bits per heavy atom. The fourth-order valence-electron chi connectivity index (χ4n) is 4.15. The molecular formula is C24H28N4O6S. The summed E-state index contributed by atoms with van der Waals surface area (Å²) >= 11 is 0. The van der Waals surface area contributed by atoms with Gasteiger partial charge < -0.3 is 23.8 Å². The van der Waals surface area contributed by atoms with Crippen molar-refractivity contribution in [3.63, 3.8) is 0 Å². The van der Waals surface area contributed by atoms with E-state index in [0.717, 1.165) is 16.7 Å². The van der Waals surface area contributed by atoms with Crippen molar-refractivity contribution in [1.29, 1.82) is 0 Å². The minimum absolute atomic E-state index is 0.310. The van der Waals surface area contributed by atoms with Crippen LogP contribution >= 0.6 is 0 Å². The molecule has 0 unspecified atom stereocenters. The lowest BCUT2D eigenvalue weighted by Crippen LogP contribution is -2.49. The maximum atomic E-state index is 13.0. The Labute approximate surface area is 204 Å². The van der Waals surface area contributed by atoms with E-state index in [-0.39, 0.29) is 0 Å². The third kappa shape index (κ3) is 5.32. The molecule has 1 saturated heterocycles. The molecule has 0 spiro atoms. The topological polar surface area (TPSA) is 103 Å². The highest BCUT2D eigenvalue weighted by molar-refractivity contribution is 7.89. The average Bonchev–Trinajstić information content (AvgIpc) is 2.89. The van der Waals surface area contributed by atoms with Gasteiger partial charge in [0.2, 0.25) is 10.0 Å². The number of hydrogen-bond acceptors (Lipinski definition) is 9. The fraction of sp³-hybridized carbons (Fsp3) is 0.417. The molecule has 0 amide bonds. The molecule has 5 rings (SSSR count).